The summed E-state index contributed by atoms with van der Waals surface area (Å²) in [6, 6.07) is 13.9. The minimum absolute atomic E-state index is 0.0405. The maximum absolute atomic E-state index is 14.1. The summed E-state index contributed by atoms with van der Waals surface area (Å²) in [7, 11) is 1.61. The van der Waals surface area contributed by atoms with E-state index in [0.717, 1.165) is 28.5 Å². The molecule has 0 spiro atoms. The molecule has 0 saturated carbocycles. The number of aromatic nitrogens is 2. The highest BCUT2D eigenvalue weighted by Crippen LogP contribution is 2.33. The third kappa shape index (κ3) is 5.47. The first-order chi connectivity index (χ1) is 19.4. The normalized spacial score (nSPS) is 14.8. The van der Waals surface area contributed by atoms with Crippen molar-refractivity contribution >= 4 is 27.5 Å². The molecule has 1 aliphatic heterocycles. The van der Waals surface area contributed by atoms with Gasteiger partial charge < -0.3 is 18.9 Å². The standard InChI is InChI=1S/C30H32N2O7S/c1-4-38-29(34)20-9-11-21(12-10-20)32-27(33)26-19(2)18-40-28(26)31(30(32)35)17-25(39-22-13-15-37-16-14-22)23-7-5-6-8-24(23)36-3/h5-12,18,22,25H,4,13-17H2,1-3H3. The molecule has 0 aliphatic carbocycles. The molecule has 1 saturated heterocycles. The second-order valence-corrected chi connectivity index (χ2v) is 10.4. The van der Waals surface area contributed by atoms with Crippen LogP contribution in [-0.2, 0) is 20.8 Å². The maximum atomic E-state index is 14.1. The van der Waals surface area contributed by atoms with Crippen molar-refractivity contribution in [1.82, 2.24) is 9.13 Å². The Morgan fingerprint density at radius 1 is 1.10 bits per heavy atom. The number of hydrogen-bond donors (Lipinski definition) is 0. The van der Waals surface area contributed by atoms with Crippen LogP contribution >= 0.6 is 11.3 Å². The largest absolute Gasteiger partial charge is 0.496 e. The predicted molar refractivity (Wildman–Crippen MR) is 153 cm³/mol. The van der Waals surface area contributed by atoms with Crippen LogP contribution in [0.1, 0.15) is 47.4 Å². The highest BCUT2D eigenvalue weighted by Gasteiger charge is 2.27. The van der Waals surface area contributed by atoms with Crippen molar-refractivity contribution in [3.63, 3.8) is 0 Å². The van der Waals surface area contributed by atoms with Crippen LogP contribution < -0.4 is 16.0 Å². The minimum atomic E-state index is -0.514. The van der Waals surface area contributed by atoms with E-state index in [1.54, 1.807) is 42.9 Å². The molecule has 40 heavy (non-hydrogen) atoms. The van der Waals surface area contributed by atoms with E-state index in [0.29, 0.717) is 40.4 Å². The Kier molecular flexibility index (Phi) is 8.49. The Hall–Kier alpha value is -3.73. The fourth-order valence-electron chi connectivity index (χ4n) is 5.00. The van der Waals surface area contributed by atoms with Crippen LogP contribution in [0, 0.1) is 6.92 Å². The Bertz CT molecular complexity index is 1610. The number of para-hydroxylation sites is 1. The predicted octanol–water partition coefficient (Wildman–Crippen LogP) is 4.64. The van der Waals surface area contributed by atoms with Crippen LogP contribution in [0.25, 0.3) is 15.9 Å². The van der Waals surface area contributed by atoms with E-state index in [9.17, 15) is 14.4 Å². The molecule has 210 valence electrons. The summed E-state index contributed by atoms with van der Waals surface area (Å²) in [5.41, 5.74) is 1.42. The summed E-state index contributed by atoms with van der Waals surface area (Å²) >= 11 is 1.36. The van der Waals surface area contributed by atoms with E-state index in [1.807, 2.05) is 36.6 Å². The van der Waals surface area contributed by atoms with Gasteiger partial charge in [0.05, 0.1) is 43.0 Å². The van der Waals surface area contributed by atoms with Gasteiger partial charge in [-0.05, 0) is 68.0 Å². The SMILES string of the molecule is CCOC(=O)c1ccc(-n2c(=O)c3c(C)csc3n(CC(OC3CCOCC3)c3ccccc3OC)c2=O)cc1. The molecule has 0 amide bonds. The Morgan fingerprint density at radius 3 is 2.52 bits per heavy atom. The van der Waals surface area contributed by atoms with E-state index in [1.165, 1.54) is 11.3 Å². The van der Waals surface area contributed by atoms with Crippen LogP contribution in [0.4, 0.5) is 0 Å². The number of carbonyl (C=O) groups is 1. The van der Waals surface area contributed by atoms with Gasteiger partial charge in [0, 0.05) is 18.8 Å². The van der Waals surface area contributed by atoms with Crippen molar-refractivity contribution in [1.29, 1.82) is 0 Å². The number of aryl methyl sites for hydroxylation is 1. The summed E-state index contributed by atoms with van der Waals surface area (Å²) in [4.78, 5) is 40.5. The lowest BCUT2D eigenvalue weighted by atomic mass is 10.1. The number of ether oxygens (including phenoxy) is 4. The number of rotatable bonds is 9. The highest BCUT2D eigenvalue weighted by atomic mass is 32.1. The Morgan fingerprint density at radius 2 is 1.82 bits per heavy atom. The zero-order chi connectivity index (χ0) is 28.2. The van der Waals surface area contributed by atoms with Crippen LogP contribution in [-0.4, -0.2) is 48.1 Å². The van der Waals surface area contributed by atoms with Gasteiger partial charge in [-0.25, -0.2) is 14.2 Å². The summed E-state index contributed by atoms with van der Waals surface area (Å²) in [5, 5.41) is 2.36. The summed E-state index contributed by atoms with van der Waals surface area (Å²) in [6.07, 6.45) is 0.946. The van der Waals surface area contributed by atoms with Gasteiger partial charge in [-0.2, -0.15) is 0 Å². The fourth-order valence-corrected chi connectivity index (χ4v) is 6.05. The van der Waals surface area contributed by atoms with Crippen LogP contribution in [0.5, 0.6) is 5.75 Å². The lowest BCUT2D eigenvalue weighted by Crippen LogP contribution is -2.40. The Balaban J connectivity index is 1.63. The van der Waals surface area contributed by atoms with Crippen LogP contribution in [0.15, 0.2) is 63.5 Å². The molecule has 2 aromatic carbocycles. The fraction of sp³-hybridized carbons (Fsp3) is 0.367. The van der Waals surface area contributed by atoms with E-state index < -0.39 is 23.3 Å². The van der Waals surface area contributed by atoms with E-state index >= 15 is 0 Å². The van der Waals surface area contributed by atoms with Crippen LogP contribution in [0.3, 0.4) is 0 Å². The topological polar surface area (TPSA) is 98.0 Å². The van der Waals surface area contributed by atoms with Gasteiger partial charge in [0.25, 0.3) is 5.56 Å². The van der Waals surface area contributed by atoms with Crippen molar-refractivity contribution in [3.05, 3.63) is 91.4 Å². The molecule has 4 aromatic rings. The van der Waals surface area contributed by atoms with Gasteiger partial charge in [0.1, 0.15) is 16.7 Å². The van der Waals surface area contributed by atoms with Crippen molar-refractivity contribution in [2.24, 2.45) is 0 Å². The number of hydrogen-bond acceptors (Lipinski definition) is 8. The molecule has 0 bridgehead atoms. The first-order valence-electron chi connectivity index (χ1n) is 13.3. The monoisotopic (exact) mass is 564 g/mol. The number of thiophene rings is 1. The third-order valence-corrected chi connectivity index (χ3v) is 8.15. The van der Waals surface area contributed by atoms with Gasteiger partial charge in [0.15, 0.2) is 0 Å². The number of carbonyl (C=O) groups excluding carboxylic acids is 1. The van der Waals surface area contributed by atoms with Gasteiger partial charge in [0.2, 0.25) is 0 Å². The van der Waals surface area contributed by atoms with Crippen molar-refractivity contribution in [2.75, 3.05) is 26.9 Å². The molecule has 2 aromatic heterocycles. The molecule has 9 nitrogen and oxygen atoms in total. The summed E-state index contributed by atoms with van der Waals surface area (Å²) in [6.45, 7) is 5.25. The molecule has 1 fully saturated rings. The average molecular weight is 565 g/mol. The quantitative estimate of drug-likeness (QED) is 0.273. The highest BCUT2D eigenvalue weighted by molar-refractivity contribution is 7.17. The lowest BCUT2D eigenvalue weighted by molar-refractivity contribution is -0.0752. The number of methoxy groups -OCH3 is 1. The first kappa shape index (κ1) is 27.8. The maximum Gasteiger partial charge on any atom is 0.338 e. The van der Waals surface area contributed by atoms with Crippen LogP contribution in [0.2, 0.25) is 0 Å². The number of esters is 1. The zero-order valence-electron chi connectivity index (χ0n) is 22.8. The van der Waals surface area contributed by atoms with Crippen molar-refractivity contribution < 1.29 is 23.7 Å². The van der Waals surface area contributed by atoms with Gasteiger partial charge in [-0.1, -0.05) is 18.2 Å². The number of nitrogens with zero attached hydrogens (tertiary/aromatic N) is 2. The smallest absolute Gasteiger partial charge is 0.338 e. The molecule has 0 radical (unpaired) electrons. The molecular weight excluding hydrogens is 532 g/mol. The lowest BCUT2D eigenvalue weighted by Gasteiger charge is -2.29. The summed E-state index contributed by atoms with van der Waals surface area (Å²) in [5.74, 6) is 0.196. The van der Waals surface area contributed by atoms with E-state index in [4.69, 9.17) is 18.9 Å². The molecule has 5 rings (SSSR count). The average Bonchev–Trinajstić information content (AvgIpc) is 3.37. The van der Waals surface area contributed by atoms with Crippen molar-refractivity contribution in [2.45, 2.75) is 45.4 Å². The third-order valence-electron chi connectivity index (χ3n) is 7.04. The Labute approximate surface area is 235 Å². The summed E-state index contributed by atoms with van der Waals surface area (Å²) < 4.78 is 25.6. The van der Waals surface area contributed by atoms with Gasteiger partial charge in [-0.15, -0.1) is 11.3 Å². The molecule has 3 heterocycles. The second kappa shape index (κ2) is 12.2. The molecular formula is C30H32N2O7S. The van der Waals surface area contributed by atoms with Gasteiger partial charge in [-0.3, -0.25) is 9.36 Å². The number of benzene rings is 2. The van der Waals surface area contributed by atoms with E-state index in [-0.39, 0.29) is 19.3 Å². The molecule has 10 heteroatoms. The van der Waals surface area contributed by atoms with E-state index in [2.05, 4.69) is 0 Å². The molecule has 1 atom stereocenters. The van der Waals surface area contributed by atoms with Gasteiger partial charge >= 0.3 is 11.7 Å². The minimum Gasteiger partial charge on any atom is -0.496 e. The molecule has 0 N–H and O–H groups in total. The zero-order valence-corrected chi connectivity index (χ0v) is 23.6. The number of fused-ring (bicyclic) bond motifs is 1. The first-order valence-corrected chi connectivity index (χ1v) is 14.2. The second-order valence-electron chi connectivity index (χ2n) is 9.58. The van der Waals surface area contributed by atoms with Crippen molar-refractivity contribution in [3.8, 4) is 11.4 Å². The molecule has 1 aliphatic rings. The molecule has 1 unspecified atom stereocenters.